The molecule has 0 radical (unpaired) electrons. The van der Waals surface area contributed by atoms with Gasteiger partial charge in [-0.25, -0.2) is 9.79 Å². The Kier molecular flexibility index (Phi) is 7.35. The maximum Gasteiger partial charge on any atom is 0.335 e. The van der Waals surface area contributed by atoms with E-state index in [4.69, 9.17) is 9.15 Å². The molecule has 43 heavy (non-hydrogen) atoms. The Morgan fingerprint density at radius 3 is 2.58 bits per heavy atom. The Balaban J connectivity index is 1.45. The average Bonchev–Trinajstić information content (AvgIpc) is 3.61. The van der Waals surface area contributed by atoms with E-state index < -0.39 is 12.0 Å². The Hall–Kier alpha value is -5.48. The number of carbonyl (C=O) groups is 2. The summed E-state index contributed by atoms with van der Waals surface area (Å²) in [5.74, 6) is 0.0669. The molecule has 0 bridgehead atoms. The molecule has 0 unspecified atom stereocenters. The Labute approximate surface area is 249 Å². The van der Waals surface area contributed by atoms with E-state index in [0.717, 1.165) is 0 Å². The third-order valence-corrected chi connectivity index (χ3v) is 7.98. The van der Waals surface area contributed by atoms with E-state index in [2.05, 4.69) is 10.3 Å². The number of carbonyl (C=O) groups excluding carboxylic acids is 1. The van der Waals surface area contributed by atoms with Crippen molar-refractivity contribution < 1.29 is 23.8 Å². The number of para-hydroxylation sites is 1. The lowest BCUT2D eigenvalue weighted by atomic mass is 9.95. The molecule has 0 aliphatic carbocycles. The minimum atomic E-state index is -1.03. The fourth-order valence-electron chi connectivity index (χ4n) is 4.98. The van der Waals surface area contributed by atoms with Crippen LogP contribution >= 0.6 is 11.3 Å². The summed E-state index contributed by atoms with van der Waals surface area (Å²) in [6.45, 7) is 1.76. The van der Waals surface area contributed by atoms with Gasteiger partial charge in [0.1, 0.15) is 17.3 Å². The largest absolute Gasteiger partial charge is 0.497 e. The van der Waals surface area contributed by atoms with Gasteiger partial charge in [-0.3, -0.25) is 14.2 Å². The normalized spacial score (nSPS) is 14.7. The van der Waals surface area contributed by atoms with Gasteiger partial charge in [0, 0.05) is 17.3 Å². The number of carboxylic acid groups (broad SMARTS) is 1. The number of allylic oxidation sites excluding steroid dienone is 1. The number of methoxy groups -OCH3 is 1. The molecule has 0 fully saturated rings. The second-order valence-corrected chi connectivity index (χ2v) is 10.8. The molecule has 3 aromatic carbocycles. The maximum atomic E-state index is 14.0. The SMILES string of the molecule is COc1cccc([C@H]2C(C(=O)Nc3ccccc3)=C(C)N=c3s/c(=C\c4ccc(-c5cccc(C(=O)O)c5)o4)c(=O)n32)c1. The van der Waals surface area contributed by atoms with E-state index in [1.165, 1.54) is 28.0 Å². The first kappa shape index (κ1) is 27.7. The molecule has 2 aromatic heterocycles. The van der Waals surface area contributed by atoms with Crippen LogP contribution in [0.1, 0.15) is 34.6 Å². The van der Waals surface area contributed by atoms with Gasteiger partial charge in [0.2, 0.25) is 0 Å². The maximum absolute atomic E-state index is 14.0. The highest BCUT2D eigenvalue weighted by molar-refractivity contribution is 7.07. The fourth-order valence-corrected chi connectivity index (χ4v) is 6.01. The monoisotopic (exact) mass is 591 g/mol. The summed E-state index contributed by atoms with van der Waals surface area (Å²) >= 11 is 1.19. The third-order valence-electron chi connectivity index (χ3n) is 7.00. The van der Waals surface area contributed by atoms with Crippen molar-refractivity contribution in [2.45, 2.75) is 13.0 Å². The van der Waals surface area contributed by atoms with Gasteiger partial charge in [0.15, 0.2) is 4.80 Å². The van der Waals surface area contributed by atoms with Crippen LogP contribution in [0.2, 0.25) is 0 Å². The summed E-state index contributed by atoms with van der Waals surface area (Å²) < 4.78 is 13.3. The molecule has 214 valence electrons. The van der Waals surface area contributed by atoms with Gasteiger partial charge in [-0.1, -0.05) is 53.8 Å². The predicted molar refractivity (Wildman–Crippen MR) is 163 cm³/mol. The summed E-state index contributed by atoms with van der Waals surface area (Å²) in [6, 6.07) is 25.5. The van der Waals surface area contributed by atoms with Crippen LogP contribution < -0.4 is 24.9 Å². The Morgan fingerprint density at radius 1 is 1.02 bits per heavy atom. The van der Waals surface area contributed by atoms with Crippen LogP contribution in [0.5, 0.6) is 5.75 Å². The van der Waals surface area contributed by atoms with E-state index >= 15 is 0 Å². The number of fused-ring (bicyclic) bond motifs is 1. The van der Waals surface area contributed by atoms with Crippen molar-refractivity contribution in [1.29, 1.82) is 0 Å². The van der Waals surface area contributed by atoms with Crippen molar-refractivity contribution in [2.75, 3.05) is 12.4 Å². The van der Waals surface area contributed by atoms with Crippen molar-refractivity contribution in [2.24, 2.45) is 4.99 Å². The number of nitrogens with one attached hydrogen (secondary N) is 1. The molecule has 1 aliphatic rings. The first-order valence-electron chi connectivity index (χ1n) is 13.3. The topological polar surface area (TPSA) is 123 Å². The molecule has 5 aromatic rings. The highest BCUT2D eigenvalue weighted by Gasteiger charge is 2.32. The van der Waals surface area contributed by atoms with Crippen LogP contribution in [-0.4, -0.2) is 28.7 Å². The number of nitrogens with zero attached hydrogens (tertiary/aromatic N) is 2. The zero-order valence-corrected chi connectivity index (χ0v) is 23.9. The third kappa shape index (κ3) is 5.43. The first-order chi connectivity index (χ1) is 20.8. The van der Waals surface area contributed by atoms with Crippen LogP contribution in [-0.2, 0) is 4.79 Å². The van der Waals surface area contributed by atoms with Crippen LogP contribution in [0.3, 0.4) is 0 Å². The zero-order valence-electron chi connectivity index (χ0n) is 23.1. The lowest BCUT2D eigenvalue weighted by Crippen LogP contribution is -2.40. The quantitative estimate of drug-likeness (QED) is 0.279. The molecular weight excluding hydrogens is 566 g/mol. The van der Waals surface area contributed by atoms with E-state index in [1.807, 2.05) is 30.3 Å². The number of carboxylic acids is 1. The fraction of sp³-hybridized carbons (Fsp3) is 0.0909. The number of aromatic carboxylic acids is 1. The summed E-state index contributed by atoms with van der Waals surface area (Å²) in [7, 11) is 1.56. The molecule has 1 aliphatic heterocycles. The molecule has 3 heterocycles. The number of aromatic nitrogens is 1. The predicted octanol–water partition coefficient (Wildman–Crippen LogP) is 4.84. The van der Waals surface area contributed by atoms with Crippen molar-refractivity contribution in [3.05, 3.63) is 139 Å². The number of ether oxygens (including phenoxy) is 1. The molecule has 1 atom stereocenters. The molecule has 9 nitrogen and oxygen atoms in total. The van der Waals surface area contributed by atoms with Crippen LogP contribution in [0, 0.1) is 0 Å². The number of hydrogen-bond acceptors (Lipinski definition) is 7. The van der Waals surface area contributed by atoms with Crippen LogP contribution in [0.15, 0.2) is 116 Å². The second kappa shape index (κ2) is 11.4. The zero-order chi connectivity index (χ0) is 30.1. The number of amides is 1. The highest BCUT2D eigenvalue weighted by atomic mass is 32.1. The number of furan rings is 1. The molecular formula is C33H25N3O6S. The van der Waals surface area contributed by atoms with Gasteiger partial charge in [-0.15, -0.1) is 0 Å². The minimum Gasteiger partial charge on any atom is -0.497 e. The van der Waals surface area contributed by atoms with Crippen molar-refractivity contribution in [1.82, 2.24) is 4.57 Å². The van der Waals surface area contributed by atoms with Crippen LogP contribution in [0.25, 0.3) is 17.4 Å². The second-order valence-electron chi connectivity index (χ2n) is 9.77. The van der Waals surface area contributed by atoms with Crippen molar-refractivity contribution >= 4 is 35.0 Å². The molecule has 2 N–H and O–H groups in total. The molecule has 0 saturated carbocycles. The summed E-state index contributed by atoms with van der Waals surface area (Å²) in [5, 5.41) is 12.3. The molecule has 0 spiro atoms. The van der Waals surface area contributed by atoms with Crippen molar-refractivity contribution in [3.8, 4) is 17.1 Å². The van der Waals surface area contributed by atoms with Crippen molar-refractivity contribution in [3.63, 3.8) is 0 Å². The number of hydrogen-bond donors (Lipinski definition) is 2. The Morgan fingerprint density at radius 2 is 1.81 bits per heavy atom. The summed E-state index contributed by atoms with van der Waals surface area (Å²) in [5.41, 5.74) is 2.56. The average molecular weight is 592 g/mol. The lowest BCUT2D eigenvalue weighted by Gasteiger charge is -2.25. The van der Waals surface area contributed by atoms with Crippen LogP contribution in [0.4, 0.5) is 5.69 Å². The summed E-state index contributed by atoms with van der Waals surface area (Å²) in [4.78, 5) is 44.2. The van der Waals surface area contributed by atoms with Gasteiger partial charge >= 0.3 is 5.97 Å². The highest BCUT2D eigenvalue weighted by Crippen LogP contribution is 2.32. The van der Waals surface area contributed by atoms with E-state index in [-0.39, 0.29) is 17.0 Å². The number of benzene rings is 3. The molecule has 10 heteroatoms. The lowest BCUT2D eigenvalue weighted by molar-refractivity contribution is -0.113. The number of thiazole rings is 1. The number of rotatable bonds is 7. The number of anilines is 1. The standard InChI is InChI=1S/C33H25N3O6S/c1-19-28(30(37)35-23-11-4-3-5-12-23)29(21-9-7-13-24(17-21)41-2)36-31(38)27(43-33(36)34-19)18-25-14-15-26(42-25)20-8-6-10-22(16-20)32(39)40/h3-18,29H,1-2H3,(H,35,37)(H,39,40)/b27-18-/t29-/m0/s1. The van der Waals surface area contributed by atoms with E-state index in [9.17, 15) is 19.5 Å². The smallest absolute Gasteiger partial charge is 0.335 e. The summed E-state index contributed by atoms with van der Waals surface area (Å²) in [6.07, 6.45) is 1.63. The van der Waals surface area contributed by atoms with Gasteiger partial charge in [0.05, 0.1) is 34.5 Å². The van der Waals surface area contributed by atoms with Gasteiger partial charge < -0.3 is 19.6 Å². The van der Waals surface area contributed by atoms with Gasteiger partial charge in [-0.05, 0) is 61.0 Å². The van der Waals surface area contributed by atoms with E-state index in [1.54, 1.807) is 68.6 Å². The molecule has 6 rings (SSSR count). The molecule has 0 saturated heterocycles. The minimum absolute atomic E-state index is 0.142. The Bertz CT molecular complexity index is 2090. The first-order valence-corrected chi connectivity index (χ1v) is 14.1. The molecule has 1 amide bonds. The van der Waals surface area contributed by atoms with E-state index in [0.29, 0.717) is 54.7 Å². The van der Waals surface area contributed by atoms with Gasteiger partial charge in [-0.2, -0.15) is 0 Å². The van der Waals surface area contributed by atoms with Gasteiger partial charge in [0.25, 0.3) is 11.5 Å².